The van der Waals surface area contributed by atoms with Crippen LogP contribution in [0.25, 0.3) is 0 Å². The Morgan fingerprint density at radius 2 is 1.75 bits per heavy atom. The third-order valence-corrected chi connectivity index (χ3v) is 10.7. The van der Waals surface area contributed by atoms with Gasteiger partial charge in [0.15, 0.2) is 5.78 Å². The molecule has 44 heavy (non-hydrogen) atoms. The largest absolute Gasteiger partial charge is 0.497 e. The molecule has 6 rings (SSSR count). The maximum atomic E-state index is 15.2. The van der Waals surface area contributed by atoms with Gasteiger partial charge in [0, 0.05) is 35.1 Å². The maximum Gasteiger partial charge on any atom is 0.456 e. The van der Waals surface area contributed by atoms with Gasteiger partial charge in [0.05, 0.1) is 7.11 Å². The van der Waals surface area contributed by atoms with Gasteiger partial charge in [0.25, 0.3) is 5.91 Å². The second kappa shape index (κ2) is 10.5. The average Bonchev–Trinajstić information content (AvgIpc) is 3.27. The van der Waals surface area contributed by atoms with Crippen molar-refractivity contribution in [1.82, 2.24) is 0 Å². The van der Waals surface area contributed by atoms with Crippen LogP contribution in [-0.2, 0) is 4.79 Å². The number of benzene rings is 2. The summed E-state index contributed by atoms with van der Waals surface area (Å²) in [6, 6.07) is 13.5. The summed E-state index contributed by atoms with van der Waals surface area (Å²) in [7, 11) is 1.52. The molecule has 2 saturated carbocycles. The molecule has 234 valence electrons. The Morgan fingerprint density at radius 1 is 1.02 bits per heavy atom. The zero-order valence-corrected chi connectivity index (χ0v) is 24.4. The van der Waals surface area contributed by atoms with Crippen molar-refractivity contribution in [3.05, 3.63) is 82.5 Å². The summed E-state index contributed by atoms with van der Waals surface area (Å²) in [5.74, 6) is -6.55. The number of fused-ring (bicyclic) bond motifs is 4. The number of allylic oxidation sites excluding steroid dienone is 4. The number of alkyl halides is 5. The van der Waals surface area contributed by atoms with Crippen LogP contribution in [-0.4, -0.2) is 41.6 Å². The molecule has 0 bridgehead atoms. The molecule has 0 heterocycles. The second-order valence-electron chi connectivity index (χ2n) is 12.8. The number of carbonyl (C=O) groups is 2. The van der Waals surface area contributed by atoms with Crippen LogP contribution in [0.4, 0.5) is 27.6 Å². The Balaban J connectivity index is 1.40. The third-order valence-electron chi connectivity index (χ3n) is 10.7. The van der Waals surface area contributed by atoms with Crippen molar-refractivity contribution >= 4 is 17.4 Å². The van der Waals surface area contributed by atoms with E-state index in [1.165, 1.54) is 14.0 Å². The van der Waals surface area contributed by atoms with Crippen molar-refractivity contribution in [2.45, 2.75) is 75.5 Å². The summed E-state index contributed by atoms with van der Waals surface area (Å²) < 4.78 is 76.9. The molecule has 0 aliphatic heterocycles. The summed E-state index contributed by atoms with van der Waals surface area (Å²) in [5.41, 5.74) is -0.608. The molecule has 0 unspecified atom stereocenters. The van der Waals surface area contributed by atoms with E-state index in [4.69, 9.17) is 4.74 Å². The van der Waals surface area contributed by atoms with E-state index in [9.17, 15) is 27.9 Å². The van der Waals surface area contributed by atoms with E-state index in [0.717, 1.165) is 16.7 Å². The van der Waals surface area contributed by atoms with Gasteiger partial charge < -0.3 is 15.2 Å². The van der Waals surface area contributed by atoms with Gasteiger partial charge in [-0.3, -0.25) is 9.59 Å². The van der Waals surface area contributed by atoms with Crippen LogP contribution >= 0.6 is 0 Å². The van der Waals surface area contributed by atoms with Crippen molar-refractivity contribution in [1.29, 1.82) is 0 Å². The Morgan fingerprint density at radius 3 is 2.43 bits per heavy atom. The normalized spacial score (nSPS) is 30.2. The number of ketones is 1. The summed E-state index contributed by atoms with van der Waals surface area (Å²) in [6.07, 6.45) is -3.16. The highest BCUT2D eigenvalue weighted by Gasteiger charge is 2.79. The van der Waals surface area contributed by atoms with Crippen LogP contribution in [0, 0.1) is 17.3 Å². The molecule has 0 saturated heterocycles. The smallest absolute Gasteiger partial charge is 0.456 e. The molecule has 2 N–H and O–H groups in total. The lowest BCUT2D eigenvalue weighted by Gasteiger charge is -2.56. The highest BCUT2D eigenvalue weighted by molar-refractivity contribution is 6.04. The number of hydrogen-bond acceptors (Lipinski definition) is 4. The highest BCUT2D eigenvalue weighted by atomic mass is 19.4. The molecule has 4 aliphatic carbocycles. The predicted molar refractivity (Wildman–Crippen MR) is 154 cm³/mol. The van der Waals surface area contributed by atoms with Crippen LogP contribution in [0.15, 0.2) is 71.3 Å². The predicted octanol–water partition coefficient (Wildman–Crippen LogP) is 7.78. The van der Waals surface area contributed by atoms with E-state index >= 15 is 8.78 Å². The van der Waals surface area contributed by atoms with E-state index in [0.29, 0.717) is 48.2 Å². The van der Waals surface area contributed by atoms with E-state index in [2.05, 4.69) is 5.32 Å². The number of halogens is 5. The van der Waals surface area contributed by atoms with Crippen molar-refractivity contribution < 1.29 is 41.4 Å². The first-order valence-electron chi connectivity index (χ1n) is 14.9. The lowest BCUT2D eigenvalue weighted by molar-refractivity contribution is -0.362. The number of nitrogens with one attached hydrogen (secondary N) is 1. The van der Waals surface area contributed by atoms with E-state index in [-0.39, 0.29) is 30.4 Å². The molecule has 0 aromatic heterocycles. The number of carbonyl (C=O) groups excluding carboxylic acids is 2. The van der Waals surface area contributed by atoms with Crippen molar-refractivity contribution in [2.75, 3.05) is 12.4 Å². The molecule has 4 aliphatic rings. The van der Waals surface area contributed by atoms with Crippen LogP contribution in [0.5, 0.6) is 5.75 Å². The van der Waals surface area contributed by atoms with Crippen molar-refractivity contribution in [2.24, 2.45) is 17.3 Å². The Bertz CT molecular complexity index is 1560. The molecule has 2 aromatic carbocycles. The summed E-state index contributed by atoms with van der Waals surface area (Å²) in [4.78, 5) is 25.3. The zero-order chi connectivity index (χ0) is 31.7. The molecular formula is C34H34F5NO4. The first-order chi connectivity index (χ1) is 20.7. The van der Waals surface area contributed by atoms with Crippen LogP contribution in [0.2, 0.25) is 0 Å². The van der Waals surface area contributed by atoms with Gasteiger partial charge in [0.2, 0.25) is 0 Å². The van der Waals surface area contributed by atoms with Crippen molar-refractivity contribution in [3.63, 3.8) is 0 Å². The van der Waals surface area contributed by atoms with Gasteiger partial charge >= 0.3 is 12.1 Å². The van der Waals surface area contributed by atoms with Gasteiger partial charge in [-0.2, -0.15) is 22.0 Å². The molecule has 10 heteroatoms. The van der Waals surface area contributed by atoms with Crippen molar-refractivity contribution in [3.8, 4) is 5.75 Å². The van der Waals surface area contributed by atoms with E-state index in [1.807, 2.05) is 0 Å². The molecule has 5 atom stereocenters. The minimum Gasteiger partial charge on any atom is -0.497 e. The lowest BCUT2D eigenvalue weighted by atomic mass is 9.50. The Kier molecular flexibility index (Phi) is 7.30. The first-order valence-corrected chi connectivity index (χ1v) is 14.9. The average molecular weight is 616 g/mol. The SMILES string of the molecule is COc1cccc(NC(=O)c2ccc([C@H]3C[C@@]4(C)[C@@H](CC[C@@]4(O)C(F)(F)C(F)(F)F)[C@@H]4CCC5=CC(=O)CCC5=C43)cc2)c1. The summed E-state index contributed by atoms with van der Waals surface area (Å²) in [5, 5.41) is 14.2. The summed E-state index contributed by atoms with van der Waals surface area (Å²) in [6.45, 7) is 1.39. The quantitative estimate of drug-likeness (QED) is 0.337. The number of anilines is 1. The fourth-order valence-corrected chi connectivity index (χ4v) is 8.49. The van der Waals surface area contributed by atoms with E-state index < -0.39 is 41.4 Å². The van der Waals surface area contributed by atoms with Gasteiger partial charge in [-0.25, -0.2) is 0 Å². The maximum absolute atomic E-state index is 15.2. The molecule has 2 aromatic rings. The van der Waals surface area contributed by atoms with Gasteiger partial charge in [-0.1, -0.05) is 30.7 Å². The molecule has 1 amide bonds. The molecule has 0 radical (unpaired) electrons. The third kappa shape index (κ3) is 4.59. The van der Waals surface area contributed by atoms with Crippen LogP contribution in [0.3, 0.4) is 0 Å². The molecular weight excluding hydrogens is 581 g/mol. The standard InChI is InChI=1S/C34H34F5NO4/c1-31-18-27(19-6-8-20(9-7-19)30(42)40-22-4-3-5-24(17-22)44-2)29-25-13-11-23(41)16-21(25)10-12-26(29)28(31)14-15-32(31,43)33(35,36)34(37,38)39/h3-9,16-17,26-28,43H,10-15,18H2,1-2H3,(H,40,42)/t26-,27+,28-,31-,32-/m0/s1. The van der Waals surface area contributed by atoms with Gasteiger partial charge in [-0.05, 0) is 97.4 Å². The Labute approximate surface area is 252 Å². The number of hydrogen-bond donors (Lipinski definition) is 2. The van der Waals surface area contributed by atoms with Crippen LogP contribution in [0.1, 0.15) is 73.7 Å². The minimum atomic E-state index is -5.90. The van der Waals surface area contributed by atoms with E-state index in [1.54, 1.807) is 54.6 Å². The topological polar surface area (TPSA) is 75.6 Å². The highest BCUT2D eigenvalue weighted by Crippen LogP contribution is 2.70. The molecule has 5 nitrogen and oxygen atoms in total. The lowest BCUT2D eigenvalue weighted by Crippen LogP contribution is -2.65. The molecule has 0 spiro atoms. The number of amides is 1. The van der Waals surface area contributed by atoms with Gasteiger partial charge in [0.1, 0.15) is 11.4 Å². The fraction of sp³-hybridized carbons (Fsp3) is 0.471. The second-order valence-corrected chi connectivity index (χ2v) is 12.8. The number of rotatable bonds is 5. The van der Waals surface area contributed by atoms with Crippen LogP contribution < -0.4 is 10.1 Å². The Hall–Kier alpha value is -3.53. The number of aliphatic hydroxyl groups is 1. The summed E-state index contributed by atoms with van der Waals surface area (Å²) >= 11 is 0. The minimum absolute atomic E-state index is 0.0199. The molecule has 2 fully saturated rings. The fourth-order valence-electron chi connectivity index (χ4n) is 8.49. The first kappa shape index (κ1) is 30.5. The number of ether oxygens (including phenoxy) is 1. The zero-order valence-electron chi connectivity index (χ0n) is 24.4. The monoisotopic (exact) mass is 615 g/mol. The van der Waals surface area contributed by atoms with Gasteiger partial charge in [-0.15, -0.1) is 0 Å². The number of methoxy groups -OCH3 is 1.